The fourth-order valence-electron chi connectivity index (χ4n) is 3.63. The number of amides is 1. The summed E-state index contributed by atoms with van der Waals surface area (Å²) in [4.78, 5) is 43.9. The maximum atomic E-state index is 13.2. The molecule has 3 aromatic rings. The molecule has 0 radical (unpaired) electrons. The van der Waals surface area contributed by atoms with Crippen LogP contribution in [0.25, 0.3) is 5.69 Å². The lowest BCUT2D eigenvalue weighted by atomic mass is 10.0. The third kappa shape index (κ3) is 4.62. The van der Waals surface area contributed by atoms with Crippen LogP contribution in [0.5, 0.6) is 0 Å². The summed E-state index contributed by atoms with van der Waals surface area (Å²) in [6, 6.07) is 11.0. The minimum absolute atomic E-state index is 0.0357. The van der Waals surface area contributed by atoms with Crippen LogP contribution in [0.2, 0.25) is 15.3 Å². The molecule has 2 aromatic carbocycles. The Morgan fingerprint density at radius 3 is 2.39 bits per heavy atom. The van der Waals surface area contributed by atoms with Gasteiger partial charge < -0.3 is 9.64 Å². The summed E-state index contributed by atoms with van der Waals surface area (Å²) >= 11 is 18.3. The smallest absolute Gasteiger partial charge is 0.338 e. The van der Waals surface area contributed by atoms with E-state index in [0.29, 0.717) is 46.1 Å². The van der Waals surface area contributed by atoms with Crippen LogP contribution in [-0.4, -0.2) is 39.5 Å². The van der Waals surface area contributed by atoms with E-state index in [1.807, 2.05) is 0 Å². The maximum Gasteiger partial charge on any atom is 0.338 e. The predicted octanol–water partition coefficient (Wildman–Crippen LogP) is 4.57. The molecule has 0 bridgehead atoms. The molecule has 170 valence electrons. The van der Waals surface area contributed by atoms with Crippen molar-refractivity contribution in [3.05, 3.63) is 90.5 Å². The topological polar surface area (TPSA) is 81.5 Å². The molecule has 0 fully saturated rings. The zero-order valence-corrected chi connectivity index (χ0v) is 19.7. The summed E-state index contributed by atoms with van der Waals surface area (Å²) < 4.78 is 6.26. The van der Waals surface area contributed by atoms with Crippen molar-refractivity contribution in [3.63, 3.8) is 0 Å². The number of aromatic nitrogens is 2. The van der Waals surface area contributed by atoms with Crippen LogP contribution in [0.15, 0.2) is 47.3 Å². The molecule has 2 heterocycles. The number of carbonyl (C=O) groups excluding carboxylic acids is 2. The Hall–Kier alpha value is -2.87. The van der Waals surface area contributed by atoms with Gasteiger partial charge in [-0.25, -0.2) is 9.78 Å². The van der Waals surface area contributed by atoms with Gasteiger partial charge in [-0.05, 0) is 67.4 Å². The Morgan fingerprint density at radius 2 is 1.73 bits per heavy atom. The van der Waals surface area contributed by atoms with Crippen molar-refractivity contribution in [2.75, 3.05) is 13.2 Å². The Kier molecular flexibility index (Phi) is 6.74. The minimum atomic E-state index is -0.446. The van der Waals surface area contributed by atoms with Crippen molar-refractivity contribution < 1.29 is 14.3 Å². The highest BCUT2D eigenvalue weighted by Gasteiger charge is 2.27. The number of ether oxygens (including phenoxy) is 1. The lowest BCUT2D eigenvalue weighted by molar-refractivity contribution is 0.0526. The second-order valence-corrected chi connectivity index (χ2v) is 8.47. The largest absolute Gasteiger partial charge is 0.462 e. The van der Waals surface area contributed by atoms with E-state index in [1.54, 1.807) is 48.2 Å². The molecule has 0 atom stereocenters. The molecule has 0 unspecified atom stereocenters. The number of halogens is 3. The van der Waals surface area contributed by atoms with Crippen LogP contribution in [0, 0.1) is 0 Å². The lowest BCUT2D eigenvalue weighted by Gasteiger charge is -2.28. The van der Waals surface area contributed by atoms with Gasteiger partial charge in [0.15, 0.2) is 0 Å². The standard InChI is InChI=1S/C23H18Cl3N3O4/c1-2-33-22(32)13-3-6-15(7-4-13)29-21(31)16-9-10-28(12-19(16)27-23(29)26)20(30)14-5-8-17(24)18(25)11-14/h3-8,11H,2,9-10,12H2,1H3. The maximum absolute atomic E-state index is 13.2. The Bertz CT molecular complexity index is 1310. The zero-order chi connectivity index (χ0) is 23.7. The van der Waals surface area contributed by atoms with E-state index >= 15 is 0 Å². The number of esters is 1. The lowest BCUT2D eigenvalue weighted by Crippen LogP contribution is -2.40. The molecule has 0 N–H and O–H groups in total. The van der Waals surface area contributed by atoms with Gasteiger partial charge in [0.2, 0.25) is 5.28 Å². The number of nitrogens with zero attached hydrogens (tertiary/aromatic N) is 3. The first-order valence-electron chi connectivity index (χ1n) is 10.1. The summed E-state index contributed by atoms with van der Waals surface area (Å²) in [7, 11) is 0. The van der Waals surface area contributed by atoms with Gasteiger partial charge in [-0.1, -0.05) is 23.2 Å². The van der Waals surface area contributed by atoms with Crippen molar-refractivity contribution in [2.45, 2.75) is 19.9 Å². The van der Waals surface area contributed by atoms with Gasteiger partial charge in [-0.3, -0.25) is 14.2 Å². The first-order chi connectivity index (χ1) is 15.8. The summed E-state index contributed by atoms with van der Waals surface area (Å²) in [5, 5.41) is 0.617. The SMILES string of the molecule is CCOC(=O)c1ccc(-n2c(Cl)nc3c(c2=O)CCN(C(=O)c2ccc(Cl)c(Cl)c2)C3)cc1. The molecule has 0 saturated heterocycles. The molecule has 0 spiro atoms. The quantitative estimate of drug-likeness (QED) is 0.382. The van der Waals surface area contributed by atoms with Gasteiger partial charge in [0.25, 0.3) is 11.5 Å². The molecular formula is C23H18Cl3N3O4. The average Bonchev–Trinajstić information content (AvgIpc) is 2.80. The summed E-state index contributed by atoms with van der Waals surface area (Å²) in [5.74, 6) is -0.686. The third-order valence-electron chi connectivity index (χ3n) is 5.28. The van der Waals surface area contributed by atoms with Gasteiger partial charge in [0, 0.05) is 17.7 Å². The first kappa shape index (κ1) is 23.3. The number of hydrogen-bond acceptors (Lipinski definition) is 5. The Morgan fingerprint density at radius 1 is 1.03 bits per heavy atom. The van der Waals surface area contributed by atoms with E-state index in [4.69, 9.17) is 39.5 Å². The van der Waals surface area contributed by atoms with Crippen molar-refractivity contribution in [1.29, 1.82) is 0 Å². The normalized spacial score (nSPS) is 12.9. The number of hydrogen-bond donors (Lipinski definition) is 0. The number of fused-ring (bicyclic) bond motifs is 1. The Balaban J connectivity index is 1.61. The van der Waals surface area contributed by atoms with E-state index in [1.165, 1.54) is 10.6 Å². The van der Waals surface area contributed by atoms with Gasteiger partial charge in [-0.15, -0.1) is 0 Å². The monoisotopic (exact) mass is 505 g/mol. The first-order valence-corrected chi connectivity index (χ1v) is 11.3. The molecule has 33 heavy (non-hydrogen) atoms. The highest BCUT2D eigenvalue weighted by molar-refractivity contribution is 6.42. The highest BCUT2D eigenvalue weighted by atomic mass is 35.5. The highest BCUT2D eigenvalue weighted by Crippen LogP contribution is 2.25. The van der Waals surface area contributed by atoms with Crippen molar-refractivity contribution in [2.24, 2.45) is 0 Å². The van der Waals surface area contributed by atoms with Crippen LogP contribution in [-0.2, 0) is 17.7 Å². The number of benzene rings is 2. The van der Waals surface area contributed by atoms with E-state index in [2.05, 4.69) is 4.98 Å². The molecule has 10 heteroatoms. The average molecular weight is 507 g/mol. The van der Waals surface area contributed by atoms with Crippen LogP contribution in [0.3, 0.4) is 0 Å². The van der Waals surface area contributed by atoms with Crippen molar-refractivity contribution in [3.8, 4) is 5.69 Å². The van der Waals surface area contributed by atoms with E-state index in [9.17, 15) is 14.4 Å². The van der Waals surface area contributed by atoms with Crippen molar-refractivity contribution >= 4 is 46.7 Å². The summed E-state index contributed by atoms with van der Waals surface area (Å²) in [6.45, 7) is 2.48. The second kappa shape index (κ2) is 9.55. The summed E-state index contributed by atoms with van der Waals surface area (Å²) in [6.07, 6.45) is 0.326. The van der Waals surface area contributed by atoms with Gasteiger partial charge in [-0.2, -0.15) is 0 Å². The van der Waals surface area contributed by atoms with Crippen LogP contribution >= 0.6 is 34.8 Å². The number of rotatable bonds is 4. The van der Waals surface area contributed by atoms with Gasteiger partial charge >= 0.3 is 5.97 Å². The fraction of sp³-hybridized carbons (Fsp3) is 0.217. The third-order valence-corrected chi connectivity index (χ3v) is 6.28. The van der Waals surface area contributed by atoms with E-state index in [-0.39, 0.29) is 34.9 Å². The fourth-order valence-corrected chi connectivity index (χ4v) is 4.20. The minimum Gasteiger partial charge on any atom is -0.462 e. The molecule has 1 aliphatic rings. The summed E-state index contributed by atoms with van der Waals surface area (Å²) in [5.41, 5.74) is 1.87. The Labute approximate surface area is 204 Å². The molecule has 1 aliphatic heterocycles. The molecule has 4 rings (SSSR count). The zero-order valence-electron chi connectivity index (χ0n) is 17.5. The second-order valence-electron chi connectivity index (χ2n) is 7.32. The molecule has 0 saturated carbocycles. The van der Waals surface area contributed by atoms with E-state index in [0.717, 1.165) is 0 Å². The van der Waals surface area contributed by atoms with Crippen LogP contribution in [0.4, 0.5) is 0 Å². The number of carbonyl (C=O) groups is 2. The predicted molar refractivity (Wildman–Crippen MR) is 126 cm³/mol. The molecular weight excluding hydrogens is 489 g/mol. The van der Waals surface area contributed by atoms with Gasteiger partial charge in [0.05, 0.1) is 40.1 Å². The van der Waals surface area contributed by atoms with Crippen LogP contribution in [0.1, 0.15) is 38.9 Å². The van der Waals surface area contributed by atoms with Crippen LogP contribution < -0.4 is 5.56 Å². The molecule has 1 amide bonds. The van der Waals surface area contributed by atoms with E-state index < -0.39 is 5.97 Å². The molecule has 7 nitrogen and oxygen atoms in total. The molecule has 1 aromatic heterocycles. The van der Waals surface area contributed by atoms with Gasteiger partial charge in [0.1, 0.15) is 0 Å². The van der Waals surface area contributed by atoms with Crippen molar-refractivity contribution in [1.82, 2.24) is 14.5 Å². The molecule has 0 aliphatic carbocycles.